The fourth-order valence-electron chi connectivity index (χ4n) is 1.07. The maximum atomic E-state index is 11.6. The fraction of sp³-hybridized carbons (Fsp3) is 0.444. The van der Waals surface area contributed by atoms with Crippen LogP contribution in [0.15, 0.2) is 12.4 Å². The summed E-state index contributed by atoms with van der Waals surface area (Å²) in [6.45, 7) is 0.449. The summed E-state index contributed by atoms with van der Waals surface area (Å²) in [5.74, 6) is -0.103. The predicted octanol–water partition coefficient (Wildman–Crippen LogP) is 0.406. The zero-order valence-corrected chi connectivity index (χ0v) is 8.27. The number of hydrogen-bond donors (Lipinski definition) is 0. The van der Waals surface area contributed by atoms with Crippen LogP contribution in [0.2, 0.25) is 0 Å². The molecule has 0 fully saturated rings. The Morgan fingerprint density at radius 2 is 2.50 bits per heavy atom. The van der Waals surface area contributed by atoms with E-state index in [9.17, 15) is 4.79 Å². The summed E-state index contributed by atoms with van der Waals surface area (Å²) >= 11 is 0. The third kappa shape index (κ3) is 2.33. The molecule has 0 saturated carbocycles. The van der Waals surface area contributed by atoms with Gasteiger partial charge >= 0.3 is 0 Å². The highest BCUT2D eigenvalue weighted by atomic mass is 16.2. The van der Waals surface area contributed by atoms with Crippen molar-refractivity contribution in [3.05, 3.63) is 18.0 Å². The molecule has 0 atom stereocenters. The zero-order chi connectivity index (χ0) is 10.6. The van der Waals surface area contributed by atoms with Gasteiger partial charge in [0.15, 0.2) is 0 Å². The van der Waals surface area contributed by atoms with Gasteiger partial charge in [-0.2, -0.15) is 10.4 Å². The van der Waals surface area contributed by atoms with Gasteiger partial charge in [-0.15, -0.1) is 0 Å². The highest BCUT2D eigenvalue weighted by Crippen LogP contribution is 2.01. The van der Waals surface area contributed by atoms with E-state index in [1.165, 1.54) is 11.1 Å². The largest absolute Gasteiger partial charge is 0.341 e. The minimum atomic E-state index is -0.103. The molecule has 0 radical (unpaired) electrons. The summed E-state index contributed by atoms with van der Waals surface area (Å²) in [7, 11) is 3.43. The highest BCUT2D eigenvalue weighted by Gasteiger charge is 2.12. The van der Waals surface area contributed by atoms with E-state index in [1.54, 1.807) is 25.0 Å². The molecule has 5 heteroatoms. The van der Waals surface area contributed by atoms with Crippen molar-refractivity contribution in [1.29, 1.82) is 5.26 Å². The van der Waals surface area contributed by atoms with Gasteiger partial charge in [0, 0.05) is 26.8 Å². The lowest BCUT2D eigenvalue weighted by molar-refractivity contribution is 0.0798. The molecule has 0 N–H and O–H groups in total. The van der Waals surface area contributed by atoms with Gasteiger partial charge in [-0.3, -0.25) is 9.48 Å². The number of aryl methyl sites for hydroxylation is 1. The molecule has 0 aromatic carbocycles. The number of carbonyl (C=O) groups excluding carboxylic acids is 1. The first-order chi connectivity index (χ1) is 6.65. The number of aromatic nitrogens is 2. The second-order valence-electron chi connectivity index (χ2n) is 3.04. The summed E-state index contributed by atoms with van der Waals surface area (Å²) in [6.07, 6.45) is 3.53. The minimum Gasteiger partial charge on any atom is -0.341 e. The minimum absolute atomic E-state index is 0.103. The average molecular weight is 192 g/mol. The molecule has 5 nitrogen and oxygen atoms in total. The van der Waals surface area contributed by atoms with Gasteiger partial charge in [-0.05, 0) is 0 Å². The molecule has 0 spiro atoms. The van der Waals surface area contributed by atoms with Crippen LogP contribution in [-0.2, 0) is 7.05 Å². The third-order valence-electron chi connectivity index (χ3n) is 1.86. The normalized spacial score (nSPS) is 9.50. The third-order valence-corrected chi connectivity index (χ3v) is 1.86. The lowest BCUT2D eigenvalue weighted by Gasteiger charge is -2.13. The standard InChI is InChI=1S/C9H12N4O/c1-12(5-3-4-10)9(14)8-6-11-13(2)7-8/h6-7H,3,5H2,1-2H3. The summed E-state index contributed by atoms with van der Waals surface area (Å²) in [4.78, 5) is 13.1. The number of amides is 1. The first-order valence-electron chi connectivity index (χ1n) is 4.26. The Bertz CT molecular complexity index is 363. The summed E-state index contributed by atoms with van der Waals surface area (Å²) < 4.78 is 1.57. The molecule has 74 valence electrons. The number of hydrogen-bond acceptors (Lipinski definition) is 3. The van der Waals surface area contributed by atoms with E-state index in [2.05, 4.69) is 5.10 Å². The molecule has 1 aromatic heterocycles. The molecular weight excluding hydrogens is 180 g/mol. The quantitative estimate of drug-likeness (QED) is 0.696. The van der Waals surface area contributed by atoms with Gasteiger partial charge in [0.1, 0.15) is 0 Å². The molecular formula is C9H12N4O. The molecule has 1 heterocycles. The number of nitrogens with zero attached hydrogens (tertiary/aromatic N) is 4. The van der Waals surface area contributed by atoms with Gasteiger partial charge in [0.05, 0.1) is 24.3 Å². The van der Waals surface area contributed by atoms with Crippen LogP contribution in [0.4, 0.5) is 0 Å². The second kappa shape index (κ2) is 4.42. The van der Waals surface area contributed by atoms with Crippen LogP contribution in [0.25, 0.3) is 0 Å². The fourth-order valence-corrected chi connectivity index (χ4v) is 1.07. The smallest absolute Gasteiger partial charge is 0.256 e. The lowest BCUT2D eigenvalue weighted by atomic mass is 10.3. The first-order valence-corrected chi connectivity index (χ1v) is 4.26. The molecule has 14 heavy (non-hydrogen) atoms. The summed E-state index contributed by atoms with van der Waals surface area (Å²) in [6, 6.07) is 2.00. The first kappa shape index (κ1) is 10.3. The maximum absolute atomic E-state index is 11.6. The second-order valence-corrected chi connectivity index (χ2v) is 3.04. The van der Waals surface area contributed by atoms with Crippen molar-refractivity contribution in [2.45, 2.75) is 6.42 Å². The molecule has 0 aliphatic heterocycles. The maximum Gasteiger partial charge on any atom is 0.256 e. The van der Waals surface area contributed by atoms with Gasteiger partial charge in [-0.25, -0.2) is 0 Å². The van der Waals surface area contributed by atoms with Gasteiger partial charge in [-0.1, -0.05) is 0 Å². The molecule has 1 aromatic rings. The van der Waals surface area contributed by atoms with Crippen LogP contribution in [0, 0.1) is 11.3 Å². The topological polar surface area (TPSA) is 61.9 Å². The van der Waals surface area contributed by atoms with E-state index >= 15 is 0 Å². The van der Waals surface area contributed by atoms with Crippen molar-refractivity contribution in [2.75, 3.05) is 13.6 Å². The summed E-state index contributed by atoms with van der Waals surface area (Å²) in [5, 5.41) is 12.3. The number of nitriles is 1. The molecule has 0 bridgehead atoms. The van der Waals surface area contributed by atoms with Gasteiger partial charge in [0.2, 0.25) is 0 Å². The Morgan fingerprint density at radius 3 is 3.00 bits per heavy atom. The monoisotopic (exact) mass is 192 g/mol. The highest BCUT2D eigenvalue weighted by molar-refractivity contribution is 5.93. The molecule has 0 aliphatic rings. The van der Waals surface area contributed by atoms with E-state index < -0.39 is 0 Å². The Kier molecular flexibility index (Phi) is 3.24. The lowest BCUT2D eigenvalue weighted by Crippen LogP contribution is -2.27. The molecule has 0 aliphatic carbocycles. The van der Waals surface area contributed by atoms with E-state index in [0.29, 0.717) is 18.5 Å². The van der Waals surface area contributed by atoms with Gasteiger partial charge < -0.3 is 4.90 Å². The molecule has 0 saturated heterocycles. The van der Waals surface area contributed by atoms with Crippen LogP contribution in [0.5, 0.6) is 0 Å². The van der Waals surface area contributed by atoms with Crippen LogP contribution in [-0.4, -0.2) is 34.2 Å². The van der Waals surface area contributed by atoms with E-state index in [1.807, 2.05) is 6.07 Å². The number of rotatable bonds is 3. The van der Waals surface area contributed by atoms with E-state index in [-0.39, 0.29) is 5.91 Å². The SMILES string of the molecule is CN(CCC#N)C(=O)c1cnn(C)c1. The summed E-state index contributed by atoms with van der Waals surface area (Å²) in [5.41, 5.74) is 0.549. The van der Waals surface area contributed by atoms with Crippen molar-refractivity contribution in [1.82, 2.24) is 14.7 Å². The Hall–Kier alpha value is -1.83. The van der Waals surface area contributed by atoms with Crippen molar-refractivity contribution in [2.24, 2.45) is 7.05 Å². The molecule has 1 amide bonds. The van der Waals surface area contributed by atoms with Crippen LogP contribution in [0.3, 0.4) is 0 Å². The van der Waals surface area contributed by atoms with Crippen LogP contribution < -0.4 is 0 Å². The van der Waals surface area contributed by atoms with Crippen LogP contribution >= 0.6 is 0 Å². The molecule has 1 rings (SSSR count). The Balaban J connectivity index is 2.62. The Morgan fingerprint density at radius 1 is 1.79 bits per heavy atom. The zero-order valence-electron chi connectivity index (χ0n) is 8.27. The van der Waals surface area contributed by atoms with Crippen molar-refractivity contribution < 1.29 is 4.79 Å². The Labute approximate surface area is 82.5 Å². The number of carbonyl (C=O) groups is 1. The average Bonchev–Trinajstić information content (AvgIpc) is 2.60. The van der Waals surface area contributed by atoms with Crippen molar-refractivity contribution >= 4 is 5.91 Å². The van der Waals surface area contributed by atoms with Gasteiger partial charge in [0.25, 0.3) is 5.91 Å². The van der Waals surface area contributed by atoms with Crippen molar-refractivity contribution in [3.63, 3.8) is 0 Å². The van der Waals surface area contributed by atoms with E-state index in [4.69, 9.17) is 5.26 Å². The van der Waals surface area contributed by atoms with Crippen molar-refractivity contribution in [3.8, 4) is 6.07 Å². The predicted molar refractivity (Wildman–Crippen MR) is 50.4 cm³/mol. The van der Waals surface area contributed by atoms with Crippen LogP contribution in [0.1, 0.15) is 16.8 Å². The van der Waals surface area contributed by atoms with E-state index in [0.717, 1.165) is 0 Å². The molecule has 0 unspecified atom stereocenters.